The number of fused-ring (bicyclic) bond motifs is 1. The van der Waals surface area contributed by atoms with E-state index < -0.39 is 11.0 Å². The number of amides is 2. The van der Waals surface area contributed by atoms with Gasteiger partial charge in [0, 0.05) is 40.5 Å². The first-order chi connectivity index (χ1) is 15.9. The molecule has 0 saturated carbocycles. The minimum atomic E-state index is -0.570. The van der Waals surface area contributed by atoms with E-state index in [1.165, 1.54) is 24.3 Å². The average molecular weight is 466 g/mol. The number of anilines is 2. The van der Waals surface area contributed by atoms with Gasteiger partial charge in [-0.25, -0.2) is 10.2 Å². The van der Waals surface area contributed by atoms with Crippen molar-refractivity contribution in [3.05, 3.63) is 93.0 Å². The van der Waals surface area contributed by atoms with Crippen molar-refractivity contribution < 1.29 is 14.5 Å². The van der Waals surface area contributed by atoms with E-state index in [0.717, 1.165) is 22.6 Å². The number of methoxy groups -OCH3 is 1. The fourth-order valence-corrected chi connectivity index (χ4v) is 3.68. The summed E-state index contributed by atoms with van der Waals surface area (Å²) in [5.74, 6) is 0.764. The molecule has 168 valence electrons. The lowest BCUT2D eigenvalue weighted by molar-refractivity contribution is -0.384. The number of rotatable bonds is 5. The smallest absolute Gasteiger partial charge is 0.339 e. The Bertz CT molecular complexity index is 1210. The maximum Gasteiger partial charge on any atom is 0.339 e. The van der Waals surface area contributed by atoms with E-state index in [1.54, 1.807) is 19.2 Å². The number of nitro groups is 1. The van der Waals surface area contributed by atoms with Crippen LogP contribution in [0.15, 0.2) is 71.8 Å². The topological polar surface area (TPSA) is 118 Å². The van der Waals surface area contributed by atoms with Crippen molar-refractivity contribution in [2.24, 2.45) is 5.10 Å². The van der Waals surface area contributed by atoms with Crippen LogP contribution in [0, 0.1) is 10.1 Å². The summed E-state index contributed by atoms with van der Waals surface area (Å²) in [6.45, 7) is 0. The molecule has 1 heterocycles. The largest absolute Gasteiger partial charge is 0.497 e. The van der Waals surface area contributed by atoms with Gasteiger partial charge in [-0.15, -0.1) is 0 Å². The van der Waals surface area contributed by atoms with E-state index in [0.29, 0.717) is 22.8 Å². The van der Waals surface area contributed by atoms with Gasteiger partial charge in [0.25, 0.3) is 5.69 Å². The molecule has 1 aliphatic rings. The van der Waals surface area contributed by atoms with Gasteiger partial charge in [-0.1, -0.05) is 23.7 Å². The molecule has 0 aromatic heterocycles. The Balaban J connectivity index is 1.53. The maximum atomic E-state index is 12.4. The number of nitrogens with one attached hydrogen (secondary N) is 3. The molecule has 0 fully saturated rings. The Labute approximate surface area is 194 Å². The number of ether oxygens (including phenoxy) is 1. The van der Waals surface area contributed by atoms with Crippen LogP contribution in [0.2, 0.25) is 5.02 Å². The van der Waals surface area contributed by atoms with Gasteiger partial charge in [0.05, 0.1) is 23.8 Å². The third kappa shape index (κ3) is 5.21. The monoisotopic (exact) mass is 465 g/mol. The first kappa shape index (κ1) is 22.1. The van der Waals surface area contributed by atoms with Crippen LogP contribution in [0.3, 0.4) is 0 Å². The molecule has 3 aromatic rings. The highest BCUT2D eigenvalue weighted by Gasteiger charge is 2.25. The van der Waals surface area contributed by atoms with Crippen molar-refractivity contribution in [2.75, 3.05) is 17.7 Å². The van der Waals surface area contributed by atoms with E-state index in [1.807, 2.05) is 30.3 Å². The van der Waals surface area contributed by atoms with Crippen LogP contribution in [-0.4, -0.2) is 23.8 Å². The molecule has 0 aliphatic carbocycles. The van der Waals surface area contributed by atoms with Gasteiger partial charge in [-0.3, -0.25) is 10.1 Å². The number of benzene rings is 3. The number of urea groups is 1. The van der Waals surface area contributed by atoms with Gasteiger partial charge in [0.1, 0.15) is 5.75 Å². The Hall–Kier alpha value is -4.11. The number of non-ortho nitro benzene ring substituents is 1. The molecule has 3 N–H and O–H groups in total. The molecule has 0 saturated heterocycles. The Morgan fingerprint density at radius 2 is 1.88 bits per heavy atom. The SMILES string of the molecule is COc1ccc(C2CC(=NNC(=O)Nc3ccc([N+](=O)[O-])cc3)c3cc(Cl)ccc3N2)cc1. The molecule has 9 nitrogen and oxygen atoms in total. The summed E-state index contributed by atoms with van der Waals surface area (Å²) in [5.41, 5.74) is 6.19. The molecule has 33 heavy (non-hydrogen) atoms. The summed E-state index contributed by atoms with van der Waals surface area (Å²) >= 11 is 6.19. The standard InChI is InChI=1S/C23H20ClN5O4/c1-33-18-9-2-14(3-10-18)21-13-22(19-12-15(24)4-11-20(19)26-21)27-28-23(30)25-16-5-7-17(8-6-16)29(31)32/h2-12,21,26H,13H2,1H3,(H2,25,28,30). The quantitative estimate of drug-likeness (QED) is 0.347. The van der Waals surface area contributed by atoms with E-state index in [2.05, 4.69) is 21.2 Å². The number of nitro benzene ring substituents is 1. The van der Waals surface area contributed by atoms with Gasteiger partial charge in [0.2, 0.25) is 0 Å². The van der Waals surface area contributed by atoms with Crippen LogP contribution in [0.1, 0.15) is 23.6 Å². The number of hydrogen-bond donors (Lipinski definition) is 3. The second-order valence-corrected chi connectivity index (χ2v) is 7.73. The zero-order valence-corrected chi connectivity index (χ0v) is 18.3. The van der Waals surface area contributed by atoms with Crippen LogP contribution >= 0.6 is 11.6 Å². The summed E-state index contributed by atoms with van der Waals surface area (Å²) in [6.07, 6.45) is 0.511. The van der Waals surface area contributed by atoms with Crippen LogP contribution < -0.4 is 20.8 Å². The zero-order chi connectivity index (χ0) is 23.4. The molecule has 1 unspecified atom stereocenters. The summed E-state index contributed by atoms with van der Waals surface area (Å²) in [4.78, 5) is 22.6. The van der Waals surface area contributed by atoms with Gasteiger partial charge in [0.15, 0.2) is 0 Å². The molecular weight excluding hydrogens is 446 g/mol. The molecule has 0 spiro atoms. The Morgan fingerprint density at radius 3 is 2.55 bits per heavy atom. The van der Waals surface area contributed by atoms with E-state index in [9.17, 15) is 14.9 Å². The third-order valence-electron chi connectivity index (χ3n) is 5.17. The van der Waals surface area contributed by atoms with Crippen LogP contribution in [0.4, 0.5) is 21.9 Å². The summed E-state index contributed by atoms with van der Waals surface area (Å²) < 4.78 is 5.23. The Kier molecular flexibility index (Phi) is 6.41. The van der Waals surface area contributed by atoms with Crippen LogP contribution in [0.25, 0.3) is 0 Å². The first-order valence-electron chi connectivity index (χ1n) is 10.0. The highest BCUT2D eigenvalue weighted by atomic mass is 35.5. The third-order valence-corrected chi connectivity index (χ3v) is 5.40. The second-order valence-electron chi connectivity index (χ2n) is 7.29. The highest BCUT2D eigenvalue weighted by molar-refractivity contribution is 6.31. The average Bonchev–Trinajstić information content (AvgIpc) is 2.83. The number of hydrogen-bond acceptors (Lipinski definition) is 6. The molecule has 1 aliphatic heterocycles. The van der Waals surface area contributed by atoms with Gasteiger partial charge in [-0.05, 0) is 48.0 Å². The summed E-state index contributed by atoms with van der Waals surface area (Å²) in [6, 6.07) is 18.1. The Morgan fingerprint density at radius 1 is 1.15 bits per heavy atom. The van der Waals surface area contributed by atoms with Crippen molar-refractivity contribution in [1.29, 1.82) is 0 Å². The number of nitrogens with zero attached hydrogens (tertiary/aromatic N) is 2. The first-order valence-corrected chi connectivity index (χ1v) is 10.4. The number of hydrazone groups is 1. The van der Waals surface area contributed by atoms with Crippen LogP contribution in [0.5, 0.6) is 5.75 Å². The van der Waals surface area contributed by atoms with Crippen LogP contribution in [-0.2, 0) is 0 Å². The van der Waals surface area contributed by atoms with Crippen molar-refractivity contribution in [3.63, 3.8) is 0 Å². The molecule has 1 atom stereocenters. The lowest BCUT2D eigenvalue weighted by Gasteiger charge is -2.28. The number of carbonyl (C=O) groups is 1. The molecule has 2 amide bonds. The predicted octanol–water partition coefficient (Wildman–Crippen LogP) is 5.34. The molecule has 4 rings (SSSR count). The summed E-state index contributed by atoms with van der Waals surface area (Å²) in [5, 5.41) is 21.8. The zero-order valence-electron chi connectivity index (χ0n) is 17.5. The van der Waals surface area contributed by atoms with Crippen molar-refractivity contribution in [2.45, 2.75) is 12.5 Å². The van der Waals surface area contributed by atoms with E-state index in [4.69, 9.17) is 16.3 Å². The minimum Gasteiger partial charge on any atom is -0.497 e. The molecule has 10 heteroatoms. The lowest BCUT2D eigenvalue weighted by Crippen LogP contribution is -2.29. The lowest BCUT2D eigenvalue weighted by atomic mass is 9.92. The highest BCUT2D eigenvalue weighted by Crippen LogP contribution is 2.35. The maximum absolute atomic E-state index is 12.4. The molecule has 0 bridgehead atoms. The van der Waals surface area contributed by atoms with Gasteiger partial charge in [-0.2, -0.15) is 5.10 Å². The number of carbonyl (C=O) groups excluding carboxylic acids is 1. The fourth-order valence-electron chi connectivity index (χ4n) is 3.51. The van der Waals surface area contributed by atoms with Crippen molar-refractivity contribution in [3.8, 4) is 5.75 Å². The minimum absolute atomic E-state index is 0.0611. The second kappa shape index (κ2) is 9.58. The molecule has 3 aromatic carbocycles. The predicted molar refractivity (Wildman–Crippen MR) is 127 cm³/mol. The normalized spacial score (nSPS) is 15.8. The molecule has 0 radical (unpaired) electrons. The van der Waals surface area contributed by atoms with E-state index >= 15 is 0 Å². The van der Waals surface area contributed by atoms with Crippen molar-refractivity contribution >= 4 is 40.4 Å². The van der Waals surface area contributed by atoms with Crippen molar-refractivity contribution in [1.82, 2.24) is 5.43 Å². The summed E-state index contributed by atoms with van der Waals surface area (Å²) in [7, 11) is 1.62. The van der Waals surface area contributed by atoms with Gasteiger partial charge < -0.3 is 15.4 Å². The van der Waals surface area contributed by atoms with E-state index in [-0.39, 0.29) is 11.7 Å². The fraction of sp³-hybridized carbons (Fsp3) is 0.130. The van der Waals surface area contributed by atoms with Gasteiger partial charge >= 0.3 is 6.03 Å². The molecular formula is C23H20ClN5O4. The number of halogens is 1.